The van der Waals surface area contributed by atoms with E-state index in [1.54, 1.807) is 0 Å². The largest absolute Gasteiger partial charge is 0.338 e. The highest BCUT2D eigenvalue weighted by Crippen LogP contribution is 2.30. The van der Waals surface area contributed by atoms with Gasteiger partial charge in [0.1, 0.15) is 0 Å². The van der Waals surface area contributed by atoms with Gasteiger partial charge in [0.25, 0.3) is 0 Å². The van der Waals surface area contributed by atoms with E-state index in [1.165, 1.54) is 11.1 Å². The van der Waals surface area contributed by atoms with Crippen molar-refractivity contribution in [2.24, 2.45) is 0 Å². The smallest absolute Gasteiger partial charge is 0.192 e. The van der Waals surface area contributed by atoms with Gasteiger partial charge in [-0.15, -0.1) is 0 Å². The second-order valence-electron chi connectivity index (χ2n) is 5.05. The van der Waals surface area contributed by atoms with Crippen LogP contribution in [0.15, 0.2) is 42.6 Å². The molecular weight excluding hydrogens is 349 g/mol. The first-order valence-electron chi connectivity index (χ1n) is 6.61. The Labute approximate surface area is 127 Å². The van der Waals surface area contributed by atoms with Gasteiger partial charge >= 0.3 is 0 Å². The fourth-order valence-corrected chi connectivity index (χ4v) is 3.36. The molecule has 0 saturated heterocycles. The lowest BCUT2D eigenvalue weighted by atomic mass is 9.96. The molecule has 1 aromatic carbocycles. The molecule has 0 N–H and O–H groups in total. The summed E-state index contributed by atoms with van der Waals surface area (Å²) in [6.07, 6.45) is 4.05. The minimum atomic E-state index is 0.127. The van der Waals surface area contributed by atoms with E-state index in [2.05, 4.69) is 58.5 Å². The minimum absolute atomic E-state index is 0.127. The molecule has 0 amide bonds. The zero-order valence-electron chi connectivity index (χ0n) is 10.8. The number of nitrogens with zero attached hydrogens (tertiary/aromatic N) is 1. The van der Waals surface area contributed by atoms with Gasteiger partial charge in [0.15, 0.2) is 5.78 Å². The topological polar surface area (TPSA) is 22.0 Å². The highest BCUT2D eigenvalue weighted by molar-refractivity contribution is 14.1. The molecule has 3 rings (SSSR count). The Morgan fingerprint density at radius 2 is 2.00 bits per heavy atom. The number of carbonyl (C=O) groups is 1. The molecule has 2 nitrogen and oxygen atoms in total. The molecule has 3 heteroatoms. The molecule has 1 aliphatic rings. The fourth-order valence-electron chi connectivity index (χ4n) is 2.75. The summed E-state index contributed by atoms with van der Waals surface area (Å²) >= 11 is 2.27. The molecular formula is C16H16INO. The molecule has 0 bridgehead atoms. The highest BCUT2D eigenvalue weighted by Gasteiger charge is 2.29. The Morgan fingerprint density at radius 3 is 2.74 bits per heavy atom. The van der Waals surface area contributed by atoms with Crippen LogP contribution in [0, 0.1) is 0 Å². The van der Waals surface area contributed by atoms with E-state index in [0.29, 0.717) is 0 Å². The molecule has 0 radical (unpaired) electrons. The number of hydrogen-bond donors (Lipinski definition) is 0. The maximum absolute atomic E-state index is 12.4. The maximum Gasteiger partial charge on any atom is 0.192 e. The van der Waals surface area contributed by atoms with Crippen LogP contribution < -0.4 is 0 Å². The molecule has 0 aliphatic heterocycles. The van der Waals surface area contributed by atoms with Gasteiger partial charge in [-0.1, -0.05) is 52.9 Å². The van der Waals surface area contributed by atoms with Gasteiger partial charge in [0.05, 0.1) is 15.7 Å². The highest BCUT2D eigenvalue weighted by atomic mass is 127. The third-order valence-corrected chi connectivity index (χ3v) is 5.07. The number of ketones is 1. The number of fused-ring (bicyclic) bond motifs is 1. The molecule has 19 heavy (non-hydrogen) atoms. The van der Waals surface area contributed by atoms with E-state index in [9.17, 15) is 4.79 Å². The van der Waals surface area contributed by atoms with Crippen molar-refractivity contribution in [3.8, 4) is 0 Å². The van der Waals surface area contributed by atoms with Crippen LogP contribution in [-0.2, 0) is 6.42 Å². The Balaban J connectivity index is 2.03. The van der Waals surface area contributed by atoms with E-state index in [-0.39, 0.29) is 15.7 Å². The van der Waals surface area contributed by atoms with E-state index >= 15 is 0 Å². The standard InChI is InChI=1S/C16H16INO/c1-11(12-5-3-2-4-6-12)18-10-9-13-7-8-14(17)16(19)15(13)18/h2-6,9-11,14H,7-8H2,1H3. The first-order chi connectivity index (χ1) is 9.18. The second-order valence-corrected chi connectivity index (χ2v) is 6.56. The van der Waals surface area contributed by atoms with Gasteiger partial charge in [0, 0.05) is 6.20 Å². The van der Waals surface area contributed by atoms with Crippen molar-refractivity contribution in [2.45, 2.75) is 29.7 Å². The summed E-state index contributed by atoms with van der Waals surface area (Å²) in [6.45, 7) is 2.15. The molecule has 0 fully saturated rings. The Bertz CT molecular complexity index is 602. The predicted octanol–water partition coefficient (Wildman–Crippen LogP) is 4.03. The number of hydrogen-bond acceptors (Lipinski definition) is 1. The van der Waals surface area contributed by atoms with Gasteiger partial charge < -0.3 is 4.57 Å². The van der Waals surface area contributed by atoms with Crippen LogP contribution in [-0.4, -0.2) is 14.3 Å². The van der Waals surface area contributed by atoms with E-state index in [1.807, 2.05) is 18.2 Å². The van der Waals surface area contributed by atoms with E-state index in [4.69, 9.17) is 0 Å². The Hall–Kier alpha value is -1.10. The number of alkyl halides is 1. The molecule has 98 valence electrons. The SMILES string of the molecule is CC(c1ccccc1)n1ccc2c1C(=O)C(I)CC2. The van der Waals surface area contributed by atoms with Crippen molar-refractivity contribution in [3.05, 3.63) is 59.4 Å². The third-order valence-electron chi connectivity index (χ3n) is 3.88. The molecule has 1 aromatic heterocycles. The number of Topliss-reactive ketones (excluding diaryl/α,β-unsaturated/α-hetero) is 1. The summed E-state index contributed by atoms with van der Waals surface area (Å²) in [4.78, 5) is 12.4. The summed E-state index contributed by atoms with van der Waals surface area (Å²) in [5, 5.41) is 0. The molecule has 2 atom stereocenters. The van der Waals surface area contributed by atoms with Crippen molar-refractivity contribution < 1.29 is 4.79 Å². The minimum Gasteiger partial charge on any atom is -0.338 e. The number of rotatable bonds is 2. The summed E-state index contributed by atoms with van der Waals surface area (Å²) in [7, 11) is 0. The van der Waals surface area contributed by atoms with Gasteiger partial charge in [-0.25, -0.2) is 0 Å². The normalized spacial score (nSPS) is 20.1. The van der Waals surface area contributed by atoms with Crippen LogP contribution in [0.5, 0.6) is 0 Å². The van der Waals surface area contributed by atoms with Crippen molar-refractivity contribution in [3.63, 3.8) is 0 Å². The lowest BCUT2D eigenvalue weighted by Crippen LogP contribution is -2.26. The van der Waals surface area contributed by atoms with Crippen molar-refractivity contribution in [2.75, 3.05) is 0 Å². The predicted molar refractivity (Wildman–Crippen MR) is 85.1 cm³/mol. The summed E-state index contributed by atoms with van der Waals surface area (Å²) in [6, 6.07) is 12.7. The van der Waals surface area contributed by atoms with Crippen molar-refractivity contribution >= 4 is 28.4 Å². The number of aryl methyl sites for hydroxylation is 1. The number of carbonyl (C=O) groups excluding carboxylic acids is 1. The zero-order chi connectivity index (χ0) is 13.4. The van der Waals surface area contributed by atoms with Gasteiger partial charge in [-0.3, -0.25) is 4.79 Å². The van der Waals surface area contributed by atoms with E-state index < -0.39 is 0 Å². The quantitative estimate of drug-likeness (QED) is 0.582. The Kier molecular flexibility index (Phi) is 3.48. The van der Waals surface area contributed by atoms with Crippen LogP contribution >= 0.6 is 22.6 Å². The first kappa shape index (κ1) is 12.9. The molecule has 2 unspecified atom stereocenters. The Morgan fingerprint density at radius 1 is 1.26 bits per heavy atom. The second kappa shape index (κ2) is 5.12. The number of benzene rings is 1. The van der Waals surface area contributed by atoms with Crippen LogP contribution in [0.25, 0.3) is 0 Å². The third kappa shape index (κ3) is 2.24. The number of halogens is 1. The average Bonchev–Trinajstić information content (AvgIpc) is 2.88. The first-order valence-corrected chi connectivity index (χ1v) is 7.86. The van der Waals surface area contributed by atoms with Crippen LogP contribution in [0.1, 0.15) is 41.0 Å². The van der Waals surface area contributed by atoms with Crippen molar-refractivity contribution in [1.29, 1.82) is 0 Å². The van der Waals surface area contributed by atoms with Gasteiger partial charge in [-0.2, -0.15) is 0 Å². The molecule has 1 heterocycles. The van der Waals surface area contributed by atoms with Crippen LogP contribution in [0.2, 0.25) is 0 Å². The summed E-state index contributed by atoms with van der Waals surface area (Å²) in [5.74, 6) is 0.287. The molecule has 0 saturated carbocycles. The summed E-state index contributed by atoms with van der Waals surface area (Å²) in [5.41, 5.74) is 3.37. The average molecular weight is 365 g/mol. The zero-order valence-corrected chi connectivity index (χ0v) is 13.0. The maximum atomic E-state index is 12.4. The lowest BCUT2D eigenvalue weighted by Gasteiger charge is -2.22. The fraction of sp³-hybridized carbons (Fsp3) is 0.312. The van der Waals surface area contributed by atoms with Gasteiger partial charge in [0.2, 0.25) is 0 Å². The monoisotopic (exact) mass is 365 g/mol. The molecule has 0 spiro atoms. The van der Waals surface area contributed by atoms with Crippen LogP contribution in [0.3, 0.4) is 0 Å². The summed E-state index contributed by atoms with van der Waals surface area (Å²) < 4.78 is 2.26. The van der Waals surface area contributed by atoms with Crippen LogP contribution in [0.4, 0.5) is 0 Å². The van der Waals surface area contributed by atoms with E-state index in [0.717, 1.165) is 18.5 Å². The van der Waals surface area contributed by atoms with Crippen molar-refractivity contribution in [1.82, 2.24) is 4.57 Å². The lowest BCUT2D eigenvalue weighted by molar-refractivity contribution is 0.0974. The number of aromatic nitrogens is 1. The van der Waals surface area contributed by atoms with Gasteiger partial charge in [-0.05, 0) is 37.0 Å². The molecule has 2 aromatic rings. The molecule has 1 aliphatic carbocycles.